The van der Waals surface area contributed by atoms with Crippen molar-refractivity contribution in [1.82, 2.24) is 4.31 Å². The third-order valence-corrected chi connectivity index (χ3v) is 7.85. The summed E-state index contributed by atoms with van der Waals surface area (Å²) in [6, 6.07) is 12.1. The molecule has 1 aliphatic rings. The molecule has 30 heavy (non-hydrogen) atoms. The van der Waals surface area contributed by atoms with Crippen LogP contribution in [0.1, 0.15) is 43.5 Å². The number of nitrogens with zero attached hydrogens (tertiary/aromatic N) is 1. The van der Waals surface area contributed by atoms with Gasteiger partial charge in [-0.15, -0.1) is 11.8 Å². The summed E-state index contributed by atoms with van der Waals surface area (Å²) in [7, 11) is -2.25. The molecule has 162 valence electrons. The van der Waals surface area contributed by atoms with Gasteiger partial charge in [-0.1, -0.05) is 32.4 Å². The molecule has 8 heteroatoms. The number of anilines is 1. The van der Waals surface area contributed by atoms with Gasteiger partial charge in [-0.25, -0.2) is 8.42 Å². The number of piperidine rings is 1. The zero-order chi connectivity index (χ0) is 21.7. The molecule has 0 bridgehead atoms. The van der Waals surface area contributed by atoms with Crippen LogP contribution in [0.15, 0.2) is 52.3 Å². The lowest BCUT2D eigenvalue weighted by Gasteiger charge is -2.26. The average molecular weight is 449 g/mol. The van der Waals surface area contributed by atoms with Crippen LogP contribution in [0.5, 0.6) is 5.75 Å². The van der Waals surface area contributed by atoms with E-state index in [1.165, 1.54) is 17.5 Å². The van der Waals surface area contributed by atoms with Crippen LogP contribution in [0.3, 0.4) is 0 Å². The molecule has 2 aromatic carbocycles. The lowest BCUT2D eigenvalue weighted by atomic mass is 10.2. The van der Waals surface area contributed by atoms with Gasteiger partial charge in [-0.05, 0) is 43.2 Å². The highest BCUT2D eigenvalue weighted by molar-refractivity contribution is 8.00. The van der Waals surface area contributed by atoms with Gasteiger partial charge in [0, 0.05) is 28.9 Å². The second kappa shape index (κ2) is 9.85. The van der Waals surface area contributed by atoms with Crippen molar-refractivity contribution in [3.05, 3.63) is 48.0 Å². The smallest absolute Gasteiger partial charge is 0.256 e. The molecule has 1 saturated heterocycles. The standard InChI is InChI=1S/C22H28N2O4S2/c1-16(2)29-20-10-6-5-9-18(20)22(25)23-17-11-12-19(28-3)21(15-17)30(26,27)24-13-7-4-8-14-24/h5-6,9-12,15-16H,4,7-8,13-14H2,1-3H3,(H,23,25). The number of nitrogens with one attached hydrogen (secondary N) is 1. The first-order valence-corrected chi connectivity index (χ1v) is 12.4. The Morgan fingerprint density at radius 2 is 1.80 bits per heavy atom. The highest BCUT2D eigenvalue weighted by Crippen LogP contribution is 2.32. The molecular weight excluding hydrogens is 420 g/mol. The molecule has 0 saturated carbocycles. The quantitative estimate of drug-likeness (QED) is 0.626. The van der Waals surface area contributed by atoms with Crippen LogP contribution in [0, 0.1) is 0 Å². The molecule has 1 aliphatic heterocycles. The number of ether oxygens (including phenoxy) is 1. The van der Waals surface area contributed by atoms with Gasteiger partial charge in [-0.2, -0.15) is 4.31 Å². The number of carbonyl (C=O) groups excluding carboxylic acids is 1. The van der Waals surface area contributed by atoms with Crippen molar-refractivity contribution < 1.29 is 17.9 Å². The van der Waals surface area contributed by atoms with Crippen molar-refractivity contribution in [3.63, 3.8) is 0 Å². The summed E-state index contributed by atoms with van der Waals surface area (Å²) in [6.07, 6.45) is 2.73. The normalized spacial score (nSPS) is 15.2. The Hall–Kier alpha value is -2.03. The lowest BCUT2D eigenvalue weighted by molar-refractivity contribution is 0.102. The van der Waals surface area contributed by atoms with E-state index in [4.69, 9.17) is 4.74 Å². The molecule has 3 rings (SSSR count). The maximum absolute atomic E-state index is 13.2. The van der Waals surface area contributed by atoms with Crippen LogP contribution >= 0.6 is 11.8 Å². The van der Waals surface area contributed by atoms with Gasteiger partial charge in [0.25, 0.3) is 5.91 Å². The van der Waals surface area contributed by atoms with Crippen LogP contribution < -0.4 is 10.1 Å². The number of hydrogen-bond donors (Lipinski definition) is 1. The number of rotatable bonds is 7. The van der Waals surface area contributed by atoms with E-state index in [1.807, 2.05) is 18.2 Å². The van der Waals surface area contributed by atoms with Crippen LogP contribution in [-0.2, 0) is 10.0 Å². The fraction of sp³-hybridized carbons (Fsp3) is 0.409. The second-order valence-corrected chi connectivity index (χ2v) is 11.0. The van der Waals surface area contributed by atoms with E-state index in [1.54, 1.807) is 30.0 Å². The van der Waals surface area contributed by atoms with Gasteiger partial charge >= 0.3 is 0 Å². The predicted octanol–water partition coefficient (Wildman–Crippen LogP) is 4.62. The minimum absolute atomic E-state index is 0.0783. The van der Waals surface area contributed by atoms with Crippen LogP contribution in [0.25, 0.3) is 0 Å². The summed E-state index contributed by atoms with van der Waals surface area (Å²) in [5, 5.41) is 3.18. The molecule has 1 heterocycles. The minimum Gasteiger partial charge on any atom is -0.495 e. The fourth-order valence-corrected chi connectivity index (χ4v) is 6.06. The topological polar surface area (TPSA) is 75.7 Å². The van der Waals surface area contributed by atoms with Crippen molar-refractivity contribution in [2.45, 2.75) is 48.2 Å². The lowest BCUT2D eigenvalue weighted by Crippen LogP contribution is -2.35. The van der Waals surface area contributed by atoms with Gasteiger partial charge < -0.3 is 10.1 Å². The Balaban J connectivity index is 1.90. The minimum atomic E-state index is -3.70. The molecular formula is C22H28N2O4S2. The number of hydrogen-bond acceptors (Lipinski definition) is 5. The van der Waals surface area contributed by atoms with Crippen LogP contribution in [0.4, 0.5) is 5.69 Å². The van der Waals surface area contributed by atoms with Crippen molar-refractivity contribution in [2.24, 2.45) is 0 Å². The first-order chi connectivity index (χ1) is 14.3. The van der Waals surface area contributed by atoms with Crippen molar-refractivity contribution >= 4 is 33.4 Å². The molecule has 1 fully saturated rings. The summed E-state index contributed by atoms with van der Waals surface area (Å²) in [5.74, 6) is -0.000395. The van der Waals surface area contributed by atoms with Gasteiger partial charge in [-0.3, -0.25) is 4.79 Å². The van der Waals surface area contributed by atoms with Crippen LogP contribution in [0.2, 0.25) is 0 Å². The highest BCUT2D eigenvalue weighted by Gasteiger charge is 2.29. The summed E-state index contributed by atoms with van der Waals surface area (Å²) >= 11 is 1.61. The number of carbonyl (C=O) groups is 1. The van der Waals surface area contributed by atoms with Crippen molar-refractivity contribution in [3.8, 4) is 5.75 Å². The number of amides is 1. The Morgan fingerprint density at radius 3 is 2.47 bits per heavy atom. The maximum atomic E-state index is 13.2. The zero-order valence-electron chi connectivity index (χ0n) is 17.6. The number of methoxy groups -OCH3 is 1. The molecule has 0 aromatic heterocycles. The zero-order valence-corrected chi connectivity index (χ0v) is 19.2. The molecule has 0 atom stereocenters. The third kappa shape index (κ3) is 5.17. The van der Waals surface area contributed by atoms with E-state index in [2.05, 4.69) is 19.2 Å². The molecule has 0 spiro atoms. The first-order valence-electron chi connectivity index (χ1n) is 10.1. The molecule has 6 nitrogen and oxygen atoms in total. The SMILES string of the molecule is COc1ccc(NC(=O)c2ccccc2SC(C)C)cc1S(=O)(=O)N1CCCCC1. The van der Waals surface area contributed by atoms with Crippen molar-refractivity contribution in [2.75, 3.05) is 25.5 Å². The van der Waals surface area contributed by atoms with Gasteiger partial charge in [0.1, 0.15) is 10.6 Å². The number of thioether (sulfide) groups is 1. The average Bonchev–Trinajstić information content (AvgIpc) is 2.74. The third-order valence-electron chi connectivity index (χ3n) is 4.85. The highest BCUT2D eigenvalue weighted by atomic mass is 32.2. The Kier molecular flexibility index (Phi) is 7.44. The van der Waals surface area contributed by atoms with E-state index in [9.17, 15) is 13.2 Å². The largest absolute Gasteiger partial charge is 0.495 e. The predicted molar refractivity (Wildman–Crippen MR) is 121 cm³/mol. The fourth-order valence-electron chi connectivity index (χ4n) is 3.41. The molecule has 0 radical (unpaired) electrons. The maximum Gasteiger partial charge on any atom is 0.256 e. The van der Waals surface area contributed by atoms with E-state index in [0.717, 1.165) is 24.2 Å². The Bertz CT molecular complexity index is 1000. The summed E-state index contributed by atoms with van der Waals surface area (Å²) in [6.45, 7) is 5.14. The van der Waals surface area contributed by atoms with E-state index in [0.29, 0.717) is 29.6 Å². The molecule has 0 unspecified atom stereocenters. The van der Waals surface area contributed by atoms with E-state index < -0.39 is 10.0 Å². The van der Waals surface area contributed by atoms with Gasteiger partial charge in [0.05, 0.1) is 12.7 Å². The molecule has 1 amide bonds. The summed E-state index contributed by atoms with van der Waals surface area (Å²) in [5.41, 5.74) is 0.980. The van der Waals surface area contributed by atoms with E-state index >= 15 is 0 Å². The monoisotopic (exact) mass is 448 g/mol. The molecule has 2 aromatic rings. The van der Waals surface area contributed by atoms with Gasteiger partial charge in [0.2, 0.25) is 10.0 Å². The Labute approximate surface area is 183 Å². The van der Waals surface area contributed by atoms with E-state index in [-0.39, 0.29) is 16.6 Å². The van der Waals surface area contributed by atoms with Gasteiger partial charge in [0.15, 0.2) is 0 Å². The first kappa shape index (κ1) is 22.7. The molecule has 0 aliphatic carbocycles. The summed E-state index contributed by atoms with van der Waals surface area (Å²) < 4.78 is 33.2. The second-order valence-electron chi connectivity index (χ2n) is 7.45. The van der Waals surface area contributed by atoms with Crippen LogP contribution in [-0.4, -0.2) is 44.1 Å². The molecule has 1 N–H and O–H groups in total. The number of benzene rings is 2. The Morgan fingerprint density at radius 1 is 1.10 bits per heavy atom. The number of sulfonamides is 1. The van der Waals surface area contributed by atoms with Crippen molar-refractivity contribution in [1.29, 1.82) is 0 Å². The summed E-state index contributed by atoms with van der Waals surface area (Å²) in [4.78, 5) is 13.9.